The van der Waals surface area contributed by atoms with Gasteiger partial charge >= 0.3 is 0 Å². The lowest BCUT2D eigenvalue weighted by molar-refractivity contribution is 0.671. The molecule has 0 saturated heterocycles. The second kappa shape index (κ2) is 5.15. The van der Waals surface area contributed by atoms with Crippen LogP contribution in [-0.4, -0.2) is 9.55 Å². The van der Waals surface area contributed by atoms with E-state index in [0.29, 0.717) is 0 Å². The van der Waals surface area contributed by atoms with Crippen molar-refractivity contribution in [3.8, 4) is 0 Å². The smallest absolute Gasteiger partial charge is 0.0951 e. The number of imidazole rings is 1. The van der Waals surface area contributed by atoms with Crippen molar-refractivity contribution in [1.82, 2.24) is 9.55 Å². The molecule has 1 heterocycles. The van der Waals surface area contributed by atoms with E-state index < -0.39 is 0 Å². The molecular formula is C14H19N3. The lowest BCUT2D eigenvalue weighted by Gasteiger charge is -2.13. The van der Waals surface area contributed by atoms with Crippen LogP contribution in [0.4, 0.5) is 0 Å². The maximum atomic E-state index is 5.92. The molecule has 2 rings (SSSR count). The summed E-state index contributed by atoms with van der Waals surface area (Å²) in [5.74, 6) is 0. The SMILES string of the molecule is CCc1ccccc1Cn1cncc1[C@H](C)N. The second-order valence-corrected chi connectivity index (χ2v) is 4.36. The van der Waals surface area contributed by atoms with Gasteiger partial charge in [0.2, 0.25) is 0 Å². The van der Waals surface area contributed by atoms with Crippen molar-refractivity contribution in [2.45, 2.75) is 32.9 Å². The number of aromatic nitrogens is 2. The van der Waals surface area contributed by atoms with E-state index in [0.717, 1.165) is 18.7 Å². The van der Waals surface area contributed by atoms with Crippen LogP contribution in [0.15, 0.2) is 36.8 Å². The Morgan fingerprint density at radius 1 is 1.29 bits per heavy atom. The van der Waals surface area contributed by atoms with Gasteiger partial charge in [0.05, 0.1) is 12.0 Å². The number of aryl methyl sites for hydroxylation is 1. The van der Waals surface area contributed by atoms with Crippen LogP contribution < -0.4 is 5.73 Å². The molecule has 0 aliphatic heterocycles. The highest BCUT2D eigenvalue weighted by Gasteiger charge is 2.08. The minimum absolute atomic E-state index is 0.0197. The van der Waals surface area contributed by atoms with Crippen LogP contribution in [0.5, 0.6) is 0 Å². The molecule has 2 N–H and O–H groups in total. The zero-order valence-electron chi connectivity index (χ0n) is 10.4. The van der Waals surface area contributed by atoms with Crippen LogP contribution in [0, 0.1) is 0 Å². The molecule has 3 nitrogen and oxygen atoms in total. The standard InChI is InChI=1S/C14H19N3/c1-3-12-6-4-5-7-13(12)9-17-10-16-8-14(17)11(2)15/h4-8,10-11H,3,9,15H2,1-2H3/t11-/m0/s1. The van der Waals surface area contributed by atoms with E-state index in [2.05, 4.69) is 40.7 Å². The van der Waals surface area contributed by atoms with Crippen LogP contribution in [0.2, 0.25) is 0 Å². The van der Waals surface area contributed by atoms with Crippen molar-refractivity contribution >= 4 is 0 Å². The van der Waals surface area contributed by atoms with Gasteiger partial charge < -0.3 is 10.3 Å². The molecule has 0 amide bonds. The van der Waals surface area contributed by atoms with Gasteiger partial charge in [-0.05, 0) is 24.5 Å². The molecule has 2 aromatic rings. The summed E-state index contributed by atoms with van der Waals surface area (Å²) >= 11 is 0. The number of nitrogens with two attached hydrogens (primary N) is 1. The lowest BCUT2D eigenvalue weighted by atomic mass is 10.1. The van der Waals surface area contributed by atoms with Gasteiger partial charge in [0, 0.05) is 18.8 Å². The van der Waals surface area contributed by atoms with Crippen molar-refractivity contribution in [2.24, 2.45) is 5.73 Å². The summed E-state index contributed by atoms with van der Waals surface area (Å²) in [7, 11) is 0. The van der Waals surface area contributed by atoms with Gasteiger partial charge in [0.1, 0.15) is 0 Å². The molecule has 1 atom stereocenters. The highest BCUT2D eigenvalue weighted by Crippen LogP contribution is 2.15. The molecule has 1 aromatic carbocycles. The third-order valence-electron chi connectivity index (χ3n) is 3.05. The van der Waals surface area contributed by atoms with E-state index in [9.17, 15) is 0 Å². The Bertz CT molecular complexity index is 486. The highest BCUT2D eigenvalue weighted by atomic mass is 15.1. The summed E-state index contributed by atoms with van der Waals surface area (Å²) in [4.78, 5) is 4.18. The van der Waals surface area contributed by atoms with Gasteiger partial charge in [-0.15, -0.1) is 0 Å². The largest absolute Gasteiger partial charge is 0.329 e. The molecule has 0 spiro atoms. The highest BCUT2D eigenvalue weighted by molar-refractivity contribution is 5.27. The first-order valence-corrected chi connectivity index (χ1v) is 6.04. The minimum atomic E-state index is 0.0197. The van der Waals surface area contributed by atoms with Crippen molar-refractivity contribution in [3.05, 3.63) is 53.6 Å². The maximum absolute atomic E-state index is 5.92. The Hall–Kier alpha value is -1.61. The van der Waals surface area contributed by atoms with E-state index in [1.165, 1.54) is 11.1 Å². The minimum Gasteiger partial charge on any atom is -0.329 e. The monoisotopic (exact) mass is 229 g/mol. The Kier molecular flexibility index (Phi) is 3.59. The van der Waals surface area contributed by atoms with Crippen LogP contribution in [0.25, 0.3) is 0 Å². The fraction of sp³-hybridized carbons (Fsp3) is 0.357. The number of nitrogens with zero attached hydrogens (tertiary/aromatic N) is 2. The molecule has 1 aromatic heterocycles. The van der Waals surface area contributed by atoms with Crippen LogP contribution in [0.1, 0.15) is 36.7 Å². The predicted octanol–water partition coefficient (Wildman–Crippen LogP) is 2.51. The van der Waals surface area contributed by atoms with E-state index in [1.54, 1.807) is 0 Å². The maximum Gasteiger partial charge on any atom is 0.0951 e. The number of hydrogen-bond acceptors (Lipinski definition) is 2. The Labute approximate surface area is 102 Å². The fourth-order valence-electron chi connectivity index (χ4n) is 2.08. The van der Waals surface area contributed by atoms with Crippen molar-refractivity contribution in [1.29, 1.82) is 0 Å². The fourth-order valence-corrected chi connectivity index (χ4v) is 2.08. The summed E-state index contributed by atoms with van der Waals surface area (Å²) in [6.07, 6.45) is 4.75. The summed E-state index contributed by atoms with van der Waals surface area (Å²) in [6.45, 7) is 5.01. The van der Waals surface area contributed by atoms with Gasteiger partial charge in [-0.2, -0.15) is 0 Å². The third kappa shape index (κ3) is 2.56. The first-order chi connectivity index (χ1) is 8.22. The van der Waals surface area contributed by atoms with Gasteiger partial charge in [-0.3, -0.25) is 0 Å². The van der Waals surface area contributed by atoms with Gasteiger partial charge in [-0.1, -0.05) is 31.2 Å². The average Bonchev–Trinajstić information content (AvgIpc) is 2.78. The second-order valence-electron chi connectivity index (χ2n) is 4.36. The summed E-state index contributed by atoms with van der Waals surface area (Å²) in [5.41, 5.74) is 9.73. The van der Waals surface area contributed by atoms with Crippen molar-refractivity contribution < 1.29 is 0 Å². The van der Waals surface area contributed by atoms with E-state index in [1.807, 2.05) is 19.4 Å². The zero-order valence-corrected chi connectivity index (χ0v) is 10.4. The molecule has 90 valence electrons. The molecule has 0 aliphatic rings. The lowest BCUT2D eigenvalue weighted by Crippen LogP contribution is -2.13. The molecule has 3 heteroatoms. The third-order valence-corrected chi connectivity index (χ3v) is 3.05. The first-order valence-electron chi connectivity index (χ1n) is 6.04. The molecular weight excluding hydrogens is 210 g/mol. The van der Waals surface area contributed by atoms with Gasteiger partial charge in [0.15, 0.2) is 0 Å². The predicted molar refractivity (Wildman–Crippen MR) is 69.8 cm³/mol. The molecule has 0 aliphatic carbocycles. The summed E-state index contributed by atoms with van der Waals surface area (Å²) in [6, 6.07) is 8.53. The van der Waals surface area contributed by atoms with Crippen LogP contribution in [0.3, 0.4) is 0 Å². The summed E-state index contributed by atoms with van der Waals surface area (Å²) < 4.78 is 2.12. The molecule has 17 heavy (non-hydrogen) atoms. The normalized spacial score (nSPS) is 12.6. The Morgan fingerprint density at radius 3 is 2.65 bits per heavy atom. The molecule has 0 fully saturated rings. The number of benzene rings is 1. The van der Waals surface area contributed by atoms with Crippen molar-refractivity contribution in [3.63, 3.8) is 0 Å². The van der Waals surface area contributed by atoms with Crippen molar-refractivity contribution in [2.75, 3.05) is 0 Å². The zero-order chi connectivity index (χ0) is 12.3. The Morgan fingerprint density at radius 2 is 2.00 bits per heavy atom. The molecule has 0 radical (unpaired) electrons. The van der Waals surface area contributed by atoms with Crippen LogP contribution >= 0.6 is 0 Å². The first kappa shape index (κ1) is 11.9. The molecule has 0 unspecified atom stereocenters. The molecule has 0 saturated carbocycles. The van der Waals surface area contributed by atoms with E-state index in [4.69, 9.17) is 5.73 Å². The Balaban J connectivity index is 2.28. The molecule has 0 bridgehead atoms. The number of hydrogen-bond donors (Lipinski definition) is 1. The number of rotatable bonds is 4. The van der Waals surface area contributed by atoms with E-state index >= 15 is 0 Å². The quantitative estimate of drug-likeness (QED) is 0.875. The average molecular weight is 229 g/mol. The summed E-state index contributed by atoms with van der Waals surface area (Å²) in [5, 5.41) is 0. The van der Waals surface area contributed by atoms with E-state index in [-0.39, 0.29) is 6.04 Å². The van der Waals surface area contributed by atoms with Crippen LogP contribution in [-0.2, 0) is 13.0 Å². The van der Waals surface area contributed by atoms with Gasteiger partial charge in [0.25, 0.3) is 0 Å². The topological polar surface area (TPSA) is 43.8 Å². The van der Waals surface area contributed by atoms with Gasteiger partial charge in [-0.25, -0.2) is 4.98 Å².